The molecule has 0 spiro atoms. The number of carbonyl (C=O) groups excluding carboxylic acids is 1. The van der Waals surface area contributed by atoms with Crippen molar-refractivity contribution in [2.24, 2.45) is 0 Å². The number of benzene rings is 2. The number of amides is 1. The standard InChI is InChI=1S/C23H20FN5OS3/c1-14-26-19(12-31-14)16-4-7-20-17(10-16)8-9-29(20)21(30)13-32-23-28-27-22(33-23)25-11-15-2-5-18(24)6-3-15/h2-7,10,12H,8-9,11,13H2,1H3,(H,25,27). The highest BCUT2D eigenvalue weighted by atomic mass is 32.2. The molecular weight excluding hydrogens is 477 g/mol. The molecule has 1 N–H and O–H groups in total. The van der Waals surface area contributed by atoms with Crippen molar-refractivity contribution in [1.29, 1.82) is 0 Å². The Morgan fingerprint density at radius 1 is 1.21 bits per heavy atom. The number of halogens is 1. The van der Waals surface area contributed by atoms with Gasteiger partial charge in [0.25, 0.3) is 0 Å². The van der Waals surface area contributed by atoms with Crippen LogP contribution in [0.5, 0.6) is 0 Å². The van der Waals surface area contributed by atoms with Gasteiger partial charge in [-0.3, -0.25) is 4.79 Å². The number of carbonyl (C=O) groups is 1. The summed E-state index contributed by atoms with van der Waals surface area (Å²) < 4.78 is 13.7. The van der Waals surface area contributed by atoms with E-state index in [2.05, 4.69) is 31.9 Å². The molecule has 0 atom stereocenters. The summed E-state index contributed by atoms with van der Waals surface area (Å²) in [5.74, 6) is 0.111. The van der Waals surface area contributed by atoms with Crippen molar-refractivity contribution in [3.63, 3.8) is 0 Å². The van der Waals surface area contributed by atoms with E-state index < -0.39 is 0 Å². The number of hydrogen-bond acceptors (Lipinski definition) is 8. The molecule has 2 aromatic heterocycles. The van der Waals surface area contributed by atoms with Gasteiger partial charge in [-0.05, 0) is 48.7 Å². The molecule has 0 fully saturated rings. The minimum Gasteiger partial charge on any atom is -0.356 e. The molecule has 1 amide bonds. The lowest BCUT2D eigenvalue weighted by Crippen LogP contribution is -2.30. The Kier molecular flexibility index (Phi) is 6.39. The molecule has 33 heavy (non-hydrogen) atoms. The molecule has 0 aliphatic carbocycles. The lowest BCUT2D eigenvalue weighted by molar-refractivity contribution is -0.116. The summed E-state index contributed by atoms with van der Waals surface area (Å²) in [7, 11) is 0. The minimum absolute atomic E-state index is 0.0621. The highest BCUT2D eigenvalue weighted by Gasteiger charge is 2.25. The number of thiazole rings is 1. The molecule has 6 nitrogen and oxygen atoms in total. The summed E-state index contributed by atoms with van der Waals surface area (Å²) in [5, 5.41) is 15.3. The Balaban J connectivity index is 1.17. The van der Waals surface area contributed by atoms with Crippen molar-refractivity contribution in [1.82, 2.24) is 15.2 Å². The van der Waals surface area contributed by atoms with E-state index in [1.807, 2.05) is 24.0 Å². The first-order valence-corrected chi connectivity index (χ1v) is 13.0. The zero-order chi connectivity index (χ0) is 22.8. The molecule has 0 bridgehead atoms. The quantitative estimate of drug-likeness (QED) is 0.345. The van der Waals surface area contributed by atoms with Crippen molar-refractivity contribution in [2.75, 3.05) is 22.5 Å². The Labute approximate surface area is 202 Å². The average molecular weight is 498 g/mol. The number of hydrogen-bond donors (Lipinski definition) is 1. The fraction of sp³-hybridized carbons (Fsp3) is 0.217. The SMILES string of the molecule is Cc1nc(-c2ccc3c(c2)CCN3C(=O)CSc2nnc(NCc3ccc(F)cc3)s2)cs1. The van der Waals surface area contributed by atoms with Gasteiger partial charge in [0.2, 0.25) is 11.0 Å². The van der Waals surface area contributed by atoms with E-state index >= 15 is 0 Å². The van der Waals surface area contributed by atoms with Gasteiger partial charge < -0.3 is 10.2 Å². The fourth-order valence-corrected chi connectivity index (χ4v) is 5.88. The highest BCUT2D eigenvalue weighted by Crippen LogP contribution is 2.34. The number of nitrogens with one attached hydrogen (secondary N) is 1. The maximum Gasteiger partial charge on any atom is 0.237 e. The molecule has 10 heteroatoms. The van der Waals surface area contributed by atoms with E-state index in [1.165, 1.54) is 40.8 Å². The van der Waals surface area contributed by atoms with Gasteiger partial charge in [0.15, 0.2) is 4.34 Å². The van der Waals surface area contributed by atoms with Crippen LogP contribution in [0.2, 0.25) is 0 Å². The van der Waals surface area contributed by atoms with Gasteiger partial charge in [-0.15, -0.1) is 21.5 Å². The summed E-state index contributed by atoms with van der Waals surface area (Å²) in [6.45, 7) is 3.22. The first-order valence-electron chi connectivity index (χ1n) is 10.4. The molecule has 0 saturated heterocycles. The van der Waals surface area contributed by atoms with Crippen molar-refractivity contribution in [2.45, 2.75) is 24.2 Å². The number of rotatable bonds is 7. The smallest absolute Gasteiger partial charge is 0.237 e. The van der Waals surface area contributed by atoms with Crippen LogP contribution in [0.15, 0.2) is 52.2 Å². The summed E-state index contributed by atoms with van der Waals surface area (Å²) in [6, 6.07) is 12.5. The number of fused-ring (bicyclic) bond motifs is 1. The van der Waals surface area contributed by atoms with E-state index in [9.17, 15) is 9.18 Å². The molecular formula is C23H20FN5OS3. The monoisotopic (exact) mass is 497 g/mol. The molecule has 0 radical (unpaired) electrons. The van der Waals surface area contributed by atoms with Crippen LogP contribution in [0.4, 0.5) is 15.2 Å². The van der Waals surface area contributed by atoms with Crippen molar-refractivity contribution >= 4 is 51.2 Å². The van der Waals surface area contributed by atoms with Crippen LogP contribution in [0.3, 0.4) is 0 Å². The van der Waals surface area contributed by atoms with Crippen molar-refractivity contribution < 1.29 is 9.18 Å². The normalized spacial score (nSPS) is 12.7. The molecule has 1 aliphatic rings. The average Bonchev–Trinajstić information content (AvgIpc) is 3.56. The van der Waals surface area contributed by atoms with Crippen LogP contribution < -0.4 is 10.2 Å². The van der Waals surface area contributed by atoms with Gasteiger partial charge in [0.05, 0.1) is 16.5 Å². The van der Waals surface area contributed by atoms with Gasteiger partial charge >= 0.3 is 0 Å². The van der Waals surface area contributed by atoms with E-state index in [1.54, 1.807) is 23.5 Å². The second-order valence-electron chi connectivity index (χ2n) is 7.53. The number of nitrogens with zero attached hydrogens (tertiary/aromatic N) is 4. The van der Waals surface area contributed by atoms with Gasteiger partial charge in [-0.1, -0.05) is 41.3 Å². The topological polar surface area (TPSA) is 71.0 Å². The zero-order valence-electron chi connectivity index (χ0n) is 17.7. The van der Waals surface area contributed by atoms with Crippen LogP contribution in [0.25, 0.3) is 11.3 Å². The van der Waals surface area contributed by atoms with E-state index in [4.69, 9.17) is 0 Å². The van der Waals surface area contributed by atoms with E-state index in [0.717, 1.165) is 38.3 Å². The summed E-state index contributed by atoms with van der Waals surface area (Å²) in [4.78, 5) is 19.3. The number of aryl methyl sites for hydroxylation is 1. The predicted octanol–water partition coefficient (Wildman–Crippen LogP) is 5.40. The van der Waals surface area contributed by atoms with Crippen LogP contribution in [-0.2, 0) is 17.8 Å². The van der Waals surface area contributed by atoms with Gasteiger partial charge in [-0.2, -0.15) is 0 Å². The molecule has 1 aliphatic heterocycles. The molecule has 168 valence electrons. The summed E-state index contributed by atoms with van der Waals surface area (Å²) >= 11 is 4.44. The predicted molar refractivity (Wildman–Crippen MR) is 133 cm³/mol. The minimum atomic E-state index is -0.256. The second-order valence-corrected chi connectivity index (χ2v) is 10.8. The van der Waals surface area contributed by atoms with E-state index in [0.29, 0.717) is 24.0 Å². The second kappa shape index (κ2) is 9.58. The maximum absolute atomic E-state index is 13.0. The van der Waals surface area contributed by atoms with Gasteiger partial charge in [0.1, 0.15) is 5.82 Å². The number of anilines is 2. The number of aromatic nitrogens is 3. The molecule has 4 aromatic rings. The summed E-state index contributed by atoms with van der Waals surface area (Å²) in [5.41, 5.74) is 5.20. The van der Waals surface area contributed by atoms with Crippen molar-refractivity contribution in [3.05, 3.63) is 69.8 Å². The highest BCUT2D eigenvalue weighted by molar-refractivity contribution is 8.01. The summed E-state index contributed by atoms with van der Waals surface area (Å²) in [6.07, 6.45) is 0.846. The van der Waals surface area contributed by atoms with Crippen molar-refractivity contribution in [3.8, 4) is 11.3 Å². The first kappa shape index (κ1) is 22.0. The van der Waals surface area contributed by atoms with Crippen LogP contribution in [0.1, 0.15) is 16.1 Å². The lowest BCUT2D eigenvalue weighted by atomic mass is 10.1. The van der Waals surface area contributed by atoms with Crippen LogP contribution >= 0.6 is 34.4 Å². The Hall–Kier alpha value is -2.82. The molecule has 5 rings (SSSR count). The molecule has 3 heterocycles. The molecule has 0 saturated carbocycles. The van der Waals surface area contributed by atoms with Crippen LogP contribution in [-0.4, -0.2) is 33.4 Å². The molecule has 0 unspecified atom stereocenters. The lowest BCUT2D eigenvalue weighted by Gasteiger charge is -2.17. The molecule has 2 aromatic carbocycles. The third-order valence-corrected chi connectivity index (χ3v) is 8.05. The largest absolute Gasteiger partial charge is 0.356 e. The third-order valence-electron chi connectivity index (χ3n) is 5.27. The fourth-order valence-electron chi connectivity index (χ4n) is 3.64. The Bertz CT molecular complexity index is 1290. The first-order chi connectivity index (χ1) is 16.0. The maximum atomic E-state index is 13.0. The van der Waals surface area contributed by atoms with Gasteiger partial charge in [0, 0.05) is 29.7 Å². The van der Waals surface area contributed by atoms with Gasteiger partial charge in [-0.25, -0.2) is 9.37 Å². The Morgan fingerprint density at radius 3 is 2.85 bits per heavy atom. The number of thioether (sulfide) groups is 1. The zero-order valence-corrected chi connectivity index (χ0v) is 20.2. The Morgan fingerprint density at radius 2 is 2.06 bits per heavy atom. The third kappa shape index (κ3) is 5.07. The van der Waals surface area contributed by atoms with E-state index in [-0.39, 0.29) is 11.7 Å². The van der Waals surface area contributed by atoms with Crippen LogP contribution in [0, 0.1) is 12.7 Å².